The van der Waals surface area contributed by atoms with E-state index in [-0.39, 0.29) is 0 Å². The molecule has 0 radical (unpaired) electrons. The van der Waals surface area contributed by atoms with Gasteiger partial charge in [0.2, 0.25) is 0 Å². The van der Waals surface area contributed by atoms with Crippen molar-refractivity contribution in [3.8, 4) is 0 Å². The van der Waals surface area contributed by atoms with E-state index in [9.17, 15) is 0 Å². The van der Waals surface area contributed by atoms with Crippen molar-refractivity contribution >= 4 is 0 Å². The number of hydrogen-bond donors (Lipinski definition) is 0. The number of hydrogen-bond acceptors (Lipinski definition) is 4. The monoisotopic (exact) mass is 700 g/mol. The van der Waals surface area contributed by atoms with Crippen LogP contribution in [0.25, 0.3) is 0 Å². The average molecular weight is 700 g/mol. The van der Waals surface area contributed by atoms with E-state index in [1.807, 2.05) is 0 Å². The Morgan fingerprint density at radius 2 is 1.34 bits per heavy atom. The normalized spacial score (nSPS) is 32.0. The molecule has 0 spiro atoms. The van der Waals surface area contributed by atoms with Gasteiger partial charge in [0.15, 0.2) is 0 Å². The molecule has 3 saturated carbocycles. The maximum Gasteiger partial charge on any atom is 0.0644 e. The van der Waals surface area contributed by atoms with Crippen LogP contribution >= 0.6 is 0 Å². The van der Waals surface area contributed by atoms with Gasteiger partial charge in [-0.05, 0) is 125 Å². The lowest BCUT2D eigenvalue weighted by Gasteiger charge is -2.58. The second-order valence-electron chi connectivity index (χ2n) is 18.5. The molecule has 50 heavy (non-hydrogen) atoms. The van der Waals surface area contributed by atoms with E-state index in [0.717, 1.165) is 62.6 Å². The molecule has 4 aliphatic carbocycles. The second-order valence-corrected chi connectivity index (χ2v) is 18.5. The second kappa shape index (κ2) is 22.1. The van der Waals surface area contributed by atoms with E-state index >= 15 is 0 Å². The highest BCUT2D eigenvalue weighted by atomic mass is 16.5. The summed E-state index contributed by atoms with van der Waals surface area (Å²) in [5, 5.41) is 0. The van der Waals surface area contributed by atoms with Gasteiger partial charge in [0.05, 0.1) is 25.4 Å². The molecule has 0 N–H and O–H groups in total. The quantitative estimate of drug-likeness (QED) is 0.0664. The van der Waals surface area contributed by atoms with Crippen LogP contribution in [-0.4, -0.2) is 64.2 Å². The molecule has 3 fully saturated rings. The molecule has 4 aliphatic rings. The maximum atomic E-state index is 6.56. The number of rotatable bonds is 26. The molecule has 0 saturated heterocycles. The summed E-state index contributed by atoms with van der Waals surface area (Å²) in [7, 11) is 4.28. The molecule has 0 aliphatic heterocycles. The summed E-state index contributed by atoms with van der Waals surface area (Å²) in [6.07, 6.45) is 34.1. The summed E-state index contributed by atoms with van der Waals surface area (Å²) in [5.74, 6) is 4.69. The Balaban J connectivity index is 1.05. The molecule has 0 aromatic heterocycles. The molecule has 9 atom stereocenters. The maximum absolute atomic E-state index is 6.56. The van der Waals surface area contributed by atoms with Crippen molar-refractivity contribution in [2.45, 2.75) is 194 Å². The first-order valence-corrected chi connectivity index (χ1v) is 22.4. The predicted octanol–water partition coefficient (Wildman–Crippen LogP) is 12.4. The fourth-order valence-corrected chi connectivity index (χ4v) is 11.5. The molecular formula is C46H85NO3. The largest absolute Gasteiger partial charge is 0.380 e. The number of allylic oxidation sites excluding steroid dienone is 1. The number of nitrogens with zero attached hydrogens (tertiary/aromatic N) is 1. The van der Waals surface area contributed by atoms with E-state index in [2.05, 4.69) is 59.7 Å². The van der Waals surface area contributed by atoms with Gasteiger partial charge in [-0.25, -0.2) is 0 Å². The van der Waals surface area contributed by atoms with E-state index in [4.69, 9.17) is 14.2 Å². The SMILES string of the molecule is CCCCCCCOCC(COCCCCCCCCOC1CCC2(C)C(=CCC3C2CCC2(C)C3CC[C@@H]2[C@H](C)CCCCC)C1)N(C)C. The van der Waals surface area contributed by atoms with Crippen molar-refractivity contribution in [2.75, 3.05) is 47.1 Å². The van der Waals surface area contributed by atoms with Crippen LogP contribution in [-0.2, 0) is 14.2 Å². The first kappa shape index (κ1) is 42.3. The van der Waals surface area contributed by atoms with Crippen LogP contribution in [0.5, 0.6) is 0 Å². The first-order chi connectivity index (χ1) is 24.2. The summed E-state index contributed by atoms with van der Waals surface area (Å²) in [4.78, 5) is 2.25. The molecule has 4 nitrogen and oxygen atoms in total. The van der Waals surface area contributed by atoms with Gasteiger partial charge in [-0.3, -0.25) is 0 Å². The third kappa shape index (κ3) is 11.8. The van der Waals surface area contributed by atoms with E-state index in [0.29, 0.717) is 23.0 Å². The van der Waals surface area contributed by atoms with Gasteiger partial charge in [-0.15, -0.1) is 0 Å². The Morgan fingerprint density at radius 1 is 0.720 bits per heavy atom. The topological polar surface area (TPSA) is 30.9 Å². The summed E-state index contributed by atoms with van der Waals surface area (Å²) in [5.41, 5.74) is 2.82. The predicted molar refractivity (Wildman–Crippen MR) is 214 cm³/mol. The lowest BCUT2D eigenvalue weighted by atomic mass is 9.47. The smallest absolute Gasteiger partial charge is 0.0644 e. The van der Waals surface area contributed by atoms with Crippen LogP contribution in [0.2, 0.25) is 0 Å². The van der Waals surface area contributed by atoms with Crippen LogP contribution in [0, 0.1) is 40.4 Å². The van der Waals surface area contributed by atoms with Gasteiger partial charge in [0, 0.05) is 19.8 Å². The first-order valence-electron chi connectivity index (χ1n) is 22.4. The van der Waals surface area contributed by atoms with E-state index in [1.54, 1.807) is 5.57 Å². The highest BCUT2D eigenvalue weighted by molar-refractivity contribution is 5.25. The third-order valence-electron chi connectivity index (χ3n) is 14.9. The molecule has 0 amide bonds. The third-order valence-corrected chi connectivity index (χ3v) is 14.9. The molecule has 4 heteroatoms. The van der Waals surface area contributed by atoms with E-state index in [1.165, 1.54) is 148 Å². The number of ether oxygens (including phenoxy) is 3. The highest BCUT2D eigenvalue weighted by Gasteiger charge is 2.59. The van der Waals surface area contributed by atoms with Crippen LogP contribution in [0.4, 0.5) is 0 Å². The summed E-state index contributed by atoms with van der Waals surface area (Å²) < 4.78 is 18.6. The standard InChI is InChI=1S/C46H85NO3/c1-8-10-12-15-19-31-48-35-39(47(6)7)36-49-32-20-16-13-14-17-21-33-50-40-27-29-45(4)38(34-40)23-24-41-43-26-25-42(37(3)22-18-11-9-2)46(43,5)30-28-44(41)45/h23,37,39-44H,8-22,24-36H2,1-7H3/t37-,39?,40?,41?,42-,43?,44?,45?,46?/m1/s1. The lowest BCUT2D eigenvalue weighted by molar-refractivity contribution is -0.0641. The molecule has 0 aromatic carbocycles. The number of likely N-dealkylation sites (N-methyl/N-ethyl adjacent to an activating group) is 1. The average Bonchev–Trinajstić information content (AvgIpc) is 3.46. The molecule has 0 bridgehead atoms. The van der Waals surface area contributed by atoms with Crippen LogP contribution < -0.4 is 0 Å². The zero-order valence-electron chi connectivity index (χ0n) is 34.6. The van der Waals surface area contributed by atoms with Crippen molar-refractivity contribution < 1.29 is 14.2 Å². The zero-order chi connectivity index (χ0) is 35.8. The van der Waals surface area contributed by atoms with Crippen molar-refractivity contribution in [2.24, 2.45) is 40.4 Å². The molecule has 292 valence electrons. The Morgan fingerprint density at radius 3 is 2.00 bits per heavy atom. The summed E-state index contributed by atoms with van der Waals surface area (Å²) in [6, 6.07) is 0.354. The van der Waals surface area contributed by atoms with Crippen LogP contribution in [0.15, 0.2) is 11.6 Å². The van der Waals surface area contributed by atoms with Gasteiger partial charge in [-0.2, -0.15) is 0 Å². The van der Waals surface area contributed by atoms with Crippen molar-refractivity contribution in [3.05, 3.63) is 11.6 Å². The zero-order valence-corrected chi connectivity index (χ0v) is 34.6. The van der Waals surface area contributed by atoms with Crippen LogP contribution in [0.3, 0.4) is 0 Å². The Kier molecular flexibility index (Phi) is 18.7. The van der Waals surface area contributed by atoms with Crippen molar-refractivity contribution in [1.29, 1.82) is 0 Å². The minimum absolute atomic E-state index is 0.354. The number of fused-ring (bicyclic) bond motifs is 5. The Bertz CT molecular complexity index is 950. The minimum atomic E-state index is 0.354. The van der Waals surface area contributed by atoms with Crippen LogP contribution in [0.1, 0.15) is 182 Å². The molecule has 7 unspecified atom stereocenters. The van der Waals surface area contributed by atoms with Gasteiger partial charge in [0.1, 0.15) is 0 Å². The van der Waals surface area contributed by atoms with Crippen molar-refractivity contribution in [3.63, 3.8) is 0 Å². The lowest BCUT2D eigenvalue weighted by Crippen LogP contribution is -2.51. The molecule has 0 aromatic rings. The van der Waals surface area contributed by atoms with Gasteiger partial charge < -0.3 is 19.1 Å². The van der Waals surface area contributed by atoms with Gasteiger partial charge in [0.25, 0.3) is 0 Å². The number of unbranched alkanes of at least 4 members (excludes halogenated alkanes) is 11. The molecule has 0 heterocycles. The Hall–Kier alpha value is -0.420. The Labute approximate surface area is 312 Å². The molecule has 4 rings (SSSR count). The van der Waals surface area contributed by atoms with Crippen molar-refractivity contribution in [1.82, 2.24) is 4.90 Å². The molecular weight excluding hydrogens is 615 g/mol. The highest BCUT2D eigenvalue weighted by Crippen LogP contribution is 2.67. The van der Waals surface area contributed by atoms with Gasteiger partial charge in [-0.1, -0.05) is 123 Å². The summed E-state index contributed by atoms with van der Waals surface area (Å²) >= 11 is 0. The van der Waals surface area contributed by atoms with Gasteiger partial charge >= 0.3 is 0 Å². The van der Waals surface area contributed by atoms with E-state index < -0.39 is 0 Å². The minimum Gasteiger partial charge on any atom is -0.380 e. The fraction of sp³-hybridized carbons (Fsp3) is 0.957. The summed E-state index contributed by atoms with van der Waals surface area (Å²) in [6.45, 7) is 16.9. The fourth-order valence-electron chi connectivity index (χ4n) is 11.5.